The third-order valence-corrected chi connectivity index (χ3v) is 8.99. The largest absolute Gasteiger partial charge is 0.370 e. The number of rotatable bonds is 5. The van der Waals surface area contributed by atoms with Gasteiger partial charge < -0.3 is 10.2 Å². The highest BCUT2D eigenvalue weighted by molar-refractivity contribution is 7.89. The van der Waals surface area contributed by atoms with Crippen LogP contribution < -0.4 is 10.2 Å². The zero-order valence-electron chi connectivity index (χ0n) is 19.3. The van der Waals surface area contributed by atoms with Gasteiger partial charge in [0.1, 0.15) is 4.90 Å². The maximum Gasteiger partial charge on any atom is 0.255 e. The van der Waals surface area contributed by atoms with E-state index in [1.54, 1.807) is 46.8 Å². The Kier molecular flexibility index (Phi) is 7.31. The van der Waals surface area contributed by atoms with Crippen molar-refractivity contribution < 1.29 is 13.2 Å². The zero-order chi connectivity index (χ0) is 23.6. The zero-order valence-corrected chi connectivity index (χ0v) is 20.8. The van der Waals surface area contributed by atoms with E-state index in [0.29, 0.717) is 46.9 Å². The standard InChI is InChI=1S/C25H32ClN3O3S/c1-18-9-13-28(14-10-18)23-8-3-20(25(30)27-22-6-4-21(26)5-7-22)17-24(23)33(31,32)29-15-11-19(2)12-16-29/h3-8,17-19H,9-16H2,1-2H3,(H,27,30). The van der Waals surface area contributed by atoms with Gasteiger partial charge in [0.05, 0.1) is 5.69 Å². The van der Waals surface area contributed by atoms with Crippen molar-refractivity contribution in [2.75, 3.05) is 36.4 Å². The Balaban J connectivity index is 1.67. The summed E-state index contributed by atoms with van der Waals surface area (Å²) in [6.45, 7) is 7.05. The minimum absolute atomic E-state index is 0.232. The van der Waals surface area contributed by atoms with E-state index in [1.807, 2.05) is 0 Å². The van der Waals surface area contributed by atoms with Gasteiger partial charge in [0.2, 0.25) is 10.0 Å². The van der Waals surface area contributed by atoms with Crippen molar-refractivity contribution in [3.05, 3.63) is 53.1 Å². The number of sulfonamides is 1. The lowest BCUT2D eigenvalue weighted by Gasteiger charge is -2.35. The Bertz CT molecular complexity index is 1090. The first kappa shape index (κ1) is 24.0. The average Bonchev–Trinajstić information content (AvgIpc) is 2.81. The summed E-state index contributed by atoms with van der Waals surface area (Å²) in [6, 6.07) is 11.9. The number of hydrogen-bond donors (Lipinski definition) is 1. The molecule has 0 saturated carbocycles. The summed E-state index contributed by atoms with van der Waals surface area (Å²) < 4.78 is 29.1. The van der Waals surface area contributed by atoms with E-state index in [2.05, 4.69) is 24.1 Å². The number of nitrogens with one attached hydrogen (secondary N) is 1. The van der Waals surface area contributed by atoms with E-state index in [9.17, 15) is 13.2 Å². The molecule has 2 saturated heterocycles. The van der Waals surface area contributed by atoms with Gasteiger partial charge >= 0.3 is 0 Å². The van der Waals surface area contributed by atoms with Gasteiger partial charge in [-0.25, -0.2) is 8.42 Å². The molecule has 33 heavy (non-hydrogen) atoms. The monoisotopic (exact) mass is 489 g/mol. The highest BCUT2D eigenvalue weighted by Crippen LogP contribution is 2.34. The van der Waals surface area contributed by atoms with Gasteiger partial charge in [-0.05, 0) is 80.0 Å². The fourth-order valence-corrected chi connectivity index (χ4v) is 6.31. The third kappa shape index (κ3) is 5.53. The van der Waals surface area contributed by atoms with Crippen molar-refractivity contribution >= 4 is 38.9 Å². The number of amides is 1. The summed E-state index contributed by atoms with van der Waals surface area (Å²) in [6.07, 6.45) is 3.76. The van der Waals surface area contributed by atoms with Crippen LogP contribution in [0.15, 0.2) is 47.4 Å². The average molecular weight is 490 g/mol. The number of nitrogens with zero attached hydrogens (tertiary/aromatic N) is 2. The molecular formula is C25H32ClN3O3S. The van der Waals surface area contributed by atoms with Gasteiger partial charge in [-0.15, -0.1) is 0 Å². The molecule has 1 N–H and O–H groups in total. The normalized spacial score (nSPS) is 18.9. The summed E-state index contributed by atoms with van der Waals surface area (Å²) in [5.41, 5.74) is 1.62. The molecular weight excluding hydrogens is 458 g/mol. The van der Waals surface area contributed by atoms with E-state index >= 15 is 0 Å². The molecule has 6 nitrogen and oxygen atoms in total. The lowest BCUT2D eigenvalue weighted by atomic mass is 9.98. The molecule has 0 aliphatic carbocycles. The molecule has 0 bridgehead atoms. The number of halogens is 1. The molecule has 0 unspecified atom stereocenters. The first-order chi connectivity index (χ1) is 15.7. The van der Waals surface area contributed by atoms with Gasteiger partial charge in [-0.1, -0.05) is 25.4 Å². The molecule has 2 aromatic carbocycles. The van der Waals surface area contributed by atoms with Crippen LogP contribution >= 0.6 is 11.6 Å². The van der Waals surface area contributed by atoms with Crippen LogP contribution in [0.3, 0.4) is 0 Å². The maximum atomic E-state index is 13.7. The molecule has 0 aromatic heterocycles. The number of hydrogen-bond acceptors (Lipinski definition) is 4. The number of anilines is 2. The molecule has 2 aliphatic heterocycles. The molecule has 2 aromatic rings. The van der Waals surface area contributed by atoms with E-state index < -0.39 is 10.0 Å². The third-order valence-electron chi connectivity index (χ3n) is 6.81. The van der Waals surface area contributed by atoms with Crippen molar-refractivity contribution in [1.29, 1.82) is 0 Å². The van der Waals surface area contributed by atoms with Gasteiger partial charge in [0, 0.05) is 42.5 Å². The Morgan fingerprint density at radius 3 is 2.09 bits per heavy atom. The first-order valence-electron chi connectivity index (χ1n) is 11.7. The minimum atomic E-state index is -3.72. The molecule has 1 amide bonds. The van der Waals surface area contributed by atoms with Crippen LogP contribution in [0.2, 0.25) is 5.02 Å². The van der Waals surface area contributed by atoms with Crippen LogP contribution in [0.4, 0.5) is 11.4 Å². The predicted octanol–water partition coefficient (Wildman–Crippen LogP) is 5.25. The Morgan fingerprint density at radius 1 is 0.909 bits per heavy atom. The Labute approximate surface area is 202 Å². The summed E-state index contributed by atoms with van der Waals surface area (Å²) in [5.74, 6) is 0.810. The van der Waals surface area contributed by atoms with Crippen LogP contribution in [0.1, 0.15) is 49.9 Å². The van der Waals surface area contributed by atoms with Crippen molar-refractivity contribution in [3.8, 4) is 0 Å². The van der Waals surface area contributed by atoms with Crippen molar-refractivity contribution in [1.82, 2.24) is 4.31 Å². The molecule has 0 atom stereocenters. The second-order valence-electron chi connectivity index (χ2n) is 9.40. The number of piperidine rings is 2. The fourth-order valence-electron chi connectivity index (χ4n) is 4.47. The predicted molar refractivity (Wildman–Crippen MR) is 134 cm³/mol. The second-order valence-corrected chi connectivity index (χ2v) is 11.7. The highest BCUT2D eigenvalue weighted by Gasteiger charge is 2.32. The summed E-state index contributed by atoms with van der Waals surface area (Å²) in [7, 11) is -3.72. The molecule has 178 valence electrons. The van der Waals surface area contributed by atoms with Gasteiger partial charge in [0.25, 0.3) is 5.91 Å². The molecule has 2 aliphatic rings. The topological polar surface area (TPSA) is 69.7 Å². The van der Waals surface area contributed by atoms with E-state index in [1.165, 1.54) is 0 Å². The molecule has 8 heteroatoms. The van der Waals surface area contributed by atoms with Crippen LogP contribution in [0.25, 0.3) is 0 Å². The van der Waals surface area contributed by atoms with Crippen LogP contribution in [0.5, 0.6) is 0 Å². The molecule has 0 radical (unpaired) electrons. The summed E-state index contributed by atoms with van der Waals surface area (Å²) in [4.78, 5) is 15.3. The smallest absolute Gasteiger partial charge is 0.255 e. The number of carbonyl (C=O) groups is 1. The number of benzene rings is 2. The fraction of sp³-hybridized carbons (Fsp3) is 0.480. The second kappa shape index (κ2) is 10.0. The van der Waals surface area contributed by atoms with Crippen LogP contribution in [0, 0.1) is 11.8 Å². The lowest BCUT2D eigenvalue weighted by molar-refractivity contribution is 0.102. The van der Waals surface area contributed by atoms with Crippen LogP contribution in [-0.2, 0) is 10.0 Å². The van der Waals surface area contributed by atoms with E-state index in [4.69, 9.17) is 11.6 Å². The van der Waals surface area contributed by atoms with Crippen LogP contribution in [-0.4, -0.2) is 44.8 Å². The van der Waals surface area contributed by atoms with Crippen molar-refractivity contribution in [3.63, 3.8) is 0 Å². The minimum Gasteiger partial charge on any atom is -0.370 e. The maximum absolute atomic E-state index is 13.7. The summed E-state index contributed by atoms with van der Waals surface area (Å²) >= 11 is 5.93. The molecule has 4 rings (SSSR count). The Hall–Kier alpha value is -2.09. The quantitative estimate of drug-likeness (QED) is 0.622. The van der Waals surface area contributed by atoms with Gasteiger partial charge in [-0.3, -0.25) is 4.79 Å². The molecule has 2 heterocycles. The van der Waals surface area contributed by atoms with E-state index in [0.717, 1.165) is 38.8 Å². The van der Waals surface area contributed by atoms with Crippen molar-refractivity contribution in [2.45, 2.75) is 44.4 Å². The highest BCUT2D eigenvalue weighted by atomic mass is 35.5. The Morgan fingerprint density at radius 2 is 1.48 bits per heavy atom. The molecule has 0 spiro atoms. The molecule has 2 fully saturated rings. The number of carbonyl (C=O) groups excluding carboxylic acids is 1. The van der Waals surface area contributed by atoms with E-state index in [-0.39, 0.29) is 10.8 Å². The van der Waals surface area contributed by atoms with Gasteiger partial charge in [0.15, 0.2) is 0 Å². The van der Waals surface area contributed by atoms with Gasteiger partial charge in [-0.2, -0.15) is 4.31 Å². The SMILES string of the molecule is CC1CCN(c2ccc(C(=O)Nc3ccc(Cl)cc3)cc2S(=O)(=O)N2CCC(C)CC2)CC1. The lowest BCUT2D eigenvalue weighted by Crippen LogP contribution is -2.39. The van der Waals surface area contributed by atoms with Crippen molar-refractivity contribution in [2.24, 2.45) is 11.8 Å². The summed E-state index contributed by atoms with van der Waals surface area (Å²) in [5, 5.41) is 3.42. The first-order valence-corrected chi connectivity index (χ1v) is 13.5.